The van der Waals surface area contributed by atoms with Crippen molar-refractivity contribution in [3.63, 3.8) is 0 Å². The minimum Gasteiger partial charge on any atom is -0.383 e. The molecule has 2 saturated heterocycles. The fourth-order valence-electron chi connectivity index (χ4n) is 3.24. The summed E-state index contributed by atoms with van der Waals surface area (Å²) >= 11 is 0. The van der Waals surface area contributed by atoms with Gasteiger partial charge >= 0.3 is 10.2 Å². The molecule has 0 spiro atoms. The van der Waals surface area contributed by atoms with E-state index in [0.29, 0.717) is 45.0 Å². The highest BCUT2D eigenvalue weighted by Gasteiger charge is 2.65. The number of aliphatic hydroxyl groups is 1. The normalized spacial score (nSPS) is 25.8. The minimum absolute atomic E-state index is 0.0372. The number of hydrogen-bond acceptors (Lipinski definition) is 4. The molecule has 0 bridgehead atoms. The molecule has 1 N–H and O–H groups in total. The van der Waals surface area contributed by atoms with Gasteiger partial charge in [0.05, 0.1) is 6.20 Å². The third-order valence-electron chi connectivity index (χ3n) is 4.61. The fourth-order valence-corrected chi connectivity index (χ4v) is 3.82. The molecule has 0 aromatic carbocycles. The topological polar surface area (TPSA) is 56.7 Å². The highest BCUT2D eigenvalue weighted by molar-refractivity contribution is 8.45. The first-order valence-electron chi connectivity index (χ1n) is 7.79. The summed E-state index contributed by atoms with van der Waals surface area (Å²) in [5.74, 6) is -0.103. The SMILES string of the molecule is O=C1C(O)CCN1C1CCN(c2ccc(S(F)(F)(F)(F)F)cn2)CC1. The summed E-state index contributed by atoms with van der Waals surface area (Å²) in [5.41, 5.74) is 0. The van der Waals surface area contributed by atoms with E-state index in [1.54, 1.807) is 9.80 Å². The van der Waals surface area contributed by atoms with Crippen molar-refractivity contribution in [1.82, 2.24) is 9.88 Å². The van der Waals surface area contributed by atoms with Crippen molar-refractivity contribution in [2.45, 2.75) is 36.3 Å². The molecule has 1 amide bonds. The zero-order valence-corrected chi connectivity index (χ0v) is 13.9. The van der Waals surface area contributed by atoms with E-state index in [9.17, 15) is 29.3 Å². The van der Waals surface area contributed by atoms with Gasteiger partial charge in [0.1, 0.15) is 16.8 Å². The van der Waals surface area contributed by atoms with Crippen LogP contribution in [0.3, 0.4) is 0 Å². The first kappa shape index (κ1) is 18.2. The number of aromatic nitrogens is 1. The molecular formula is C14H18F5N3O2S. The first-order chi connectivity index (χ1) is 11.3. The van der Waals surface area contributed by atoms with Gasteiger partial charge in [-0.15, -0.1) is 0 Å². The van der Waals surface area contributed by atoms with E-state index in [-0.39, 0.29) is 24.0 Å². The van der Waals surface area contributed by atoms with E-state index in [1.165, 1.54) is 0 Å². The average molecular weight is 387 g/mol. The predicted molar refractivity (Wildman–Crippen MR) is 83.2 cm³/mol. The lowest BCUT2D eigenvalue weighted by Crippen LogP contribution is -2.46. The van der Waals surface area contributed by atoms with E-state index in [4.69, 9.17) is 0 Å². The van der Waals surface area contributed by atoms with Crippen LogP contribution in [0.25, 0.3) is 0 Å². The van der Waals surface area contributed by atoms with E-state index in [2.05, 4.69) is 4.98 Å². The van der Waals surface area contributed by atoms with Gasteiger partial charge < -0.3 is 14.9 Å². The molecule has 0 saturated carbocycles. The van der Waals surface area contributed by atoms with Crippen molar-refractivity contribution in [3.05, 3.63) is 18.3 Å². The first-order valence-corrected chi connectivity index (χ1v) is 9.74. The number of halogens is 5. The maximum absolute atomic E-state index is 12.7. The Balaban J connectivity index is 1.65. The van der Waals surface area contributed by atoms with Crippen LogP contribution in [0.4, 0.5) is 25.2 Å². The summed E-state index contributed by atoms with van der Waals surface area (Å²) in [4.78, 5) is 16.7. The van der Waals surface area contributed by atoms with Gasteiger partial charge in [-0.25, -0.2) is 4.98 Å². The van der Waals surface area contributed by atoms with E-state index < -0.39 is 21.2 Å². The molecule has 0 aliphatic carbocycles. The van der Waals surface area contributed by atoms with Crippen molar-refractivity contribution in [3.8, 4) is 0 Å². The maximum atomic E-state index is 12.7. The van der Waals surface area contributed by atoms with Crippen LogP contribution < -0.4 is 4.90 Å². The van der Waals surface area contributed by atoms with E-state index in [1.807, 2.05) is 0 Å². The Kier molecular flexibility index (Phi) is 3.78. The number of rotatable bonds is 3. The molecule has 3 heterocycles. The molecule has 2 aliphatic rings. The van der Waals surface area contributed by atoms with Crippen LogP contribution in [0.15, 0.2) is 23.2 Å². The number of amides is 1. The Morgan fingerprint density at radius 3 is 2.12 bits per heavy atom. The molecule has 25 heavy (non-hydrogen) atoms. The van der Waals surface area contributed by atoms with Crippen molar-refractivity contribution >= 4 is 21.9 Å². The zero-order chi connectivity index (χ0) is 18.5. The van der Waals surface area contributed by atoms with Crippen LogP contribution in [0.5, 0.6) is 0 Å². The Labute approximate surface area is 141 Å². The summed E-state index contributed by atoms with van der Waals surface area (Å²) in [6.07, 6.45) is 0.756. The predicted octanol–water partition coefficient (Wildman–Crippen LogP) is 3.30. The van der Waals surface area contributed by atoms with Crippen molar-refractivity contribution in [1.29, 1.82) is 0 Å². The molecule has 3 rings (SSSR count). The summed E-state index contributed by atoms with van der Waals surface area (Å²) in [6, 6.07) is 1.26. The summed E-state index contributed by atoms with van der Waals surface area (Å²) in [7, 11) is -9.70. The molecule has 5 nitrogen and oxygen atoms in total. The second-order valence-electron chi connectivity index (χ2n) is 6.38. The number of aliphatic hydroxyl groups excluding tert-OH is 1. The van der Waals surface area contributed by atoms with Crippen molar-refractivity contribution < 1.29 is 29.3 Å². The van der Waals surface area contributed by atoms with E-state index >= 15 is 0 Å². The number of carbonyl (C=O) groups excluding carboxylic acids is 1. The highest BCUT2D eigenvalue weighted by Crippen LogP contribution is 3.02. The summed E-state index contributed by atoms with van der Waals surface area (Å²) in [5, 5.41) is 9.50. The number of likely N-dealkylation sites (tertiary alicyclic amines) is 1. The highest BCUT2D eigenvalue weighted by atomic mass is 32.5. The maximum Gasteiger partial charge on any atom is 0.311 e. The molecule has 0 radical (unpaired) electrons. The third kappa shape index (κ3) is 3.81. The van der Waals surface area contributed by atoms with Crippen molar-refractivity contribution in [2.24, 2.45) is 0 Å². The van der Waals surface area contributed by atoms with Crippen LogP contribution in [0, 0.1) is 0 Å². The quantitative estimate of drug-likeness (QED) is 0.809. The van der Waals surface area contributed by atoms with Crippen LogP contribution >= 0.6 is 10.2 Å². The Bertz CT molecular complexity index is 674. The molecule has 1 aromatic heterocycles. The zero-order valence-electron chi connectivity index (χ0n) is 13.1. The molecule has 142 valence electrons. The van der Waals surface area contributed by atoms with Gasteiger partial charge in [-0.1, -0.05) is 19.4 Å². The average Bonchev–Trinajstić information content (AvgIpc) is 2.85. The number of anilines is 1. The fraction of sp³-hybridized carbons (Fsp3) is 0.571. The molecule has 11 heteroatoms. The summed E-state index contributed by atoms with van der Waals surface area (Å²) < 4.78 is 63.5. The van der Waals surface area contributed by atoms with Gasteiger partial charge in [0.2, 0.25) is 0 Å². The number of pyridine rings is 1. The van der Waals surface area contributed by atoms with Gasteiger partial charge in [0.25, 0.3) is 5.91 Å². The molecular weight excluding hydrogens is 369 g/mol. The van der Waals surface area contributed by atoms with Gasteiger partial charge in [-0.3, -0.25) is 4.79 Å². The lowest BCUT2D eigenvalue weighted by molar-refractivity contribution is -0.136. The number of carbonyl (C=O) groups is 1. The third-order valence-corrected chi connectivity index (χ3v) is 5.74. The van der Waals surface area contributed by atoms with E-state index in [0.717, 1.165) is 6.07 Å². The Morgan fingerprint density at radius 2 is 1.68 bits per heavy atom. The number of hydrogen-bond donors (Lipinski definition) is 1. The molecule has 2 aliphatic heterocycles. The van der Waals surface area contributed by atoms with Crippen LogP contribution in [0.1, 0.15) is 19.3 Å². The molecule has 1 atom stereocenters. The van der Waals surface area contributed by atoms with Crippen LogP contribution in [0.2, 0.25) is 0 Å². The van der Waals surface area contributed by atoms with Gasteiger partial charge in [0, 0.05) is 25.7 Å². The summed E-state index contributed by atoms with van der Waals surface area (Å²) in [6.45, 7) is 1.36. The van der Waals surface area contributed by atoms with Gasteiger partial charge in [-0.05, 0) is 31.4 Å². The van der Waals surface area contributed by atoms with Crippen LogP contribution in [-0.2, 0) is 4.79 Å². The van der Waals surface area contributed by atoms with Crippen LogP contribution in [-0.4, -0.2) is 52.7 Å². The second-order valence-corrected chi connectivity index (χ2v) is 8.78. The molecule has 2 fully saturated rings. The Hall–Kier alpha value is -1.62. The second kappa shape index (κ2) is 5.19. The lowest BCUT2D eigenvalue weighted by Gasteiger charge is -2.40. The monoisotopic (exact) mass is 387 g/mol. The standard InChI is InChI=1S/C14H18F5N3O2S/c15-25(16,17,18,19)11-1-2-13(20-9-11)21-6-3-10(4-7-21)22-8-5-12(23)14(22)24/h1-2,9-10,12,23H,3-8H2. The van der Waals surface area contributed by atoms with Gasteiger partial charge in [-0.2, -0.15) is 0 Å². The lowest BCUT2D eigenvalue weighted by atomic mass is 10.0. The molecule has 1 aromatic rings. The number of piperidine rings is 1. The largest absolute Gasteiger partial charge is 0.383 e. The van der Waals surface area contributed by atoms with Crippen molar-refractivity contribution in [2.75, 3.05) is 24.5 Å². The Morgan fingerprint density at radius 1 is 1.04 bits per heavy atom. The minimum atomic E-state index is -9.70. The van der Waals surface area contributed by atoms with Gasteiger partial charge in [0.15, 0.2) is 0 Å². The molecule has 1 unspecified atom stereocenters. The number of nitrogens with zero attached hydrogens (tertiary/aromatic N) is 3. The smallest absolute Gasteiger partial charge is 0.311 e.